The third kappa shape index (κ3) is 2.26. The van der Waals surface area contributed by atoms with Gasteiger partial charge in [-0.15, -0.1) is 0 Å². The lowest BCUT2D eigenvalue weighted by atomic mass is 10.2. The molecule has 0 atom stereocenters. The van der Waals surface area contributed by atoms with E-state index in [0.29, 0.717) is 17.3 Å². The Bertz CT molecular complexity index is 716. The van der Waals surface area contributed by atoms with Gasteiger partial charge in [0, 0.05) is 5.69 Å². The maximum absolute atomic E-state index is 10.9. The Morgan fingerprint density at radius 3 is 2.79 bits per heavy atom. The van der Waals surface area contributed by atoms with Gasteiger partial charge in [0.1, 0.15) is 5.52 Å². The molecule has 1 heterocycles. The van der Waals surface area contributed by atoms with Crippen molar-refractivity contribution in [1.82, 2.24) is 4.98 Å². The normalized spacial score (nSPS) is 10.5. The average molecular weight is 254 g/mol. The van der Waals surface area contributed by atoms with Gasteiger partial charge in [0.05, 0.1) is 5.56 Å². The second-order valence-corrected chi connectivity index (χ2v) is 4.00. The van der Waals surface area contributed by atoms with Gasteiger partial charge in [0.2, 0.25) is 0 Å². The molecule has 2 aromatic carbocycles. The zero-order valence-electron chi connectivity index (χ0n) is 9.83. The van der Waals surface area contributed by atoms with Gasteiger partial charge < -0.3 is 14.8 Å². The minimum absolute atomic E-state index is 0.209. The molecule has 3 aromatic rings. The van der Waals surface area contributed by atoms with Gasteiger partial charge in [0.15, 0.2) is 5.58 Å². The van der Waals surface area contributed by atoms with Crippen LogP contribution in [0.25, 0.3) is 11.1 Å². The Hall–Kier alpha value is -2.82. The maximum atomic E-state index is 10.9. The Kier molecular flexibility index (Phi) is 2.64. The Morgan fingerprint density at radius 2 is 2.00 bits per heavy atom. The lowest BCUT2D eigenvalue weighted by molar-refractivity contribution is 0.0697. The van der Waals surface area contributed by atoms with E-state index >= 15 is 0 Å². The van der Waals surface area contributed by atoms with Crippen molar-refractivity contribution < 1.29 is 14.3 Å². The highest BCUT2D eigenvalue weighted by atomic mass is 16.4. The molecule has 0 bridgehead atoms. The van der Waals surface area contributed by atoms with Gasteiger partial charge in [0.25, 0.3) is 6.01 Å². The van der Waals surface area contributed by atoms with E-state index in [1.165, 1.54) is 12.1 Å². The molecular formula is C14H10N2O3. The van der Waals surface area contributed by atoms with Crippen LogP contribution in [0.2, 0.25) is 0 Å². The smallest absolute Gasteiger partial charge is 0.335 e. The first-order valence-electron chi connectivity index (χ1n) is 5.68. The van der Waals surface area contributed by atoms with E-state index in [4.69, 9.17) is 9.52 Å². The third-order valence-corrected chi connectivity index (χ3v) is 2.65. The van der Waals surface area contributed by atoms with Gasteiger partial charge in [-0.1, -0.05) is 18.2 Å². The Balaban J connectivity index is 1.92. The number of oxazole rings is 1. The van der Waals surface area contributed by atoms with Crippen LogP contribution in [0.3, 0.4) is 0 Å². The fourth-order valence-corrected chi connectivity index (χ4v) is 1.78. The van der Waals surface area contributed by atoms with Gasteiger partial charge >= 0.3 is 5.97 Å². The van der Waals surface area contributed by atoms with Gasteiger partial charge in [-0.25, -0.2) is 4.79 Å². The molecule has 0 spiro atoms. The molecule has 0 fully saturated rings. The average Bonchev–Trinajstić information content (AvgIpc) is 2.81. The summed E-state index contributed by atoms with van der Waals surface area (Å²) in [6, 6.07) is 14.2. The zero-order chi connectivity index (χ0) is 13.2. The SMILES string of the molecule is O=C(O)c1cccc(Nc2nc3ccccc3o2)c1. The summed E-state index contributed by atoms with van der Waals surface area (Å²) < 4.78 is 5.50. The number of anilines is 2. The highest BCUT2D eigenvalue weighted by molar-refractivity contribution is 5.89. The van der Waals surface area contributed by atoms with Gasteiger partial charge in [-0.2, -0.15) is 4.98 Å². The van der Waals surface area contributed by atoms with Gasteiger partial charge in [-0.05, 0) is 30.3 Å². The van der Waals surface area contributed by atoms with Crippen LogP contribution in [0.15, 0.2) is 52.9 Å². The number of para-hydroxylation sites is 2. The van der Waals surface area contributed by atoms with E-state index in [0.717, 1.165) is 5.52 Å². The van der Waals surface area contributed by atoms with E-state index in [9.17, 15) is 4.79 Å². The molecule has 3 rings (SSSR count). The molecule has 1 aromatic heterocycles. The second kappa shape index (κ2) is 4.45. The molecule has 0 aliphatic rings. The van der Waals surface area contributed by atoms with Crippen molar-refractivity contribution in [1.29, 1.82) is 0 Å². The number of nitrogens with zero attached hydrogens (tertiary/aromatic N) is 1. The molecule has 19 heavy (non-hydrogen) atoms. The molecule has 2 N–H and O–H groups in total. The number of aromatic nitrogens is 1. The number of benzene rings is 2. The van der Waals surface area contributed by atoms with E-state index in [1.807, 2.05) is 24.3 Å². The van der Waals surface area contributed by atoms with Crippen LogP contribution in [0.5, 0.6) is 0 Å². The molecule has 0 radical (unpaired) electrons. The number of hydrogen-bond donors (Lipinski definition) is 2. The van der Waals surface area contributed by atoms with Crippen molar-refractivity contribution in [3.05, 3.63) is 54.1 Å². The topological polar surface area (TPSA) is 75.4 Å². The predicted octanol–water partition coefficient (Wildman–Crippen LogP) is 3.27. The Morgan fingerprint density at radius 1 is 1.16 bits per heavy atom. The summed E-state index contributed by atoms with van der Waals surface area (Å²) >= 11 is 0. The first kappa shape index (κ1) is 11.3. The lowest BCUT2D eigenvalue weighted by Crippen LogP contribution is -1.97. The minimum atomic E-state index is -0.971. The molecule has 5 heteroatoms. The largest absolute Gasteiger partial charge is 0.478 e. The van der Waals surface area contributed by atoms with E-state index in [1.54, 1.807) is 12.1 Å². The number of aromatic carboxylic acids is 1. The number of carbonyl (C=O) groups is 1. The fraction of sp³-hybridized carbons (Fsp3) is 0. The highest BCUT2D eigenvalue weighted by Crippen LogP contribution is 2.22. The molecule has 0 aliphatic heterocycles. The zero-order valence-corrected chi connectivity index (χ0v) is 9.83. The molecule has 0 saturated carbocycles. The molecule has 0 unspecified atom stereocenters. The number of rotatable bonds is 3. The number of hydrogen-bond acceptors (Lipinski definition) is 4. The minimum Gasteiger partial charge on any atom is -0.478 e. The van der Waals surface area contributed by atoms with E-state index in [2.05, 4.69) is 10.3 Å². The first-order chi connectivity index (χ1) is 9.22. The van der Waals surface area contributed by atoms with Crippen LogP contribution >= 0.6 is 0 Å². The Labute approximate surface area is 108 Å². The van der Waals surface area contributed by atoms with Crippen molar-refractivity contribution in [2.75, 3.05) is 5.32 Å². The number of nitrogens with one attached hydrogen (secondary N) is 1. The summed E-state index contributed by atoms with van der Waals surface area (Å²) in [5.74, 6) is -0.971. The standard InChI is InChI=1S/C14H10N2O3/c17-13(18)9-4-3-5-10(8-9)15-14-16-11-6-1-2-7-12(11)19-14/h1-8H,(H,15,16)(H,17,18). The molecule has 94 valence electrons. The number of fused-ring (bicyclic) bond motifs is 1. The molecule has 0 saturated heterocycles. The summed E-state index contributed by atoms with van der Waals surface area (Å²) in [7, 11) is 0. The van der Waals surface area contributed by atoms with Crippen LogP contribution in [-0.4, -0.2) is 16.1 Å². The summed E-state index contributed by atoms with van der Waals surface area (Å²) in [6.45, 7) is 0. The fourth-order valence-electron chi connectivity index (χ4n) is 1.78. The van der Waals surface area contributed by atoms with E-state index < -0.39 is 5.97 Å². The summed E-state index contributed by atoms with van der Waals surface area (Å²) in [5, 5.41) is 11.9. The van der Waals surface area contributed by atoms with Crippen LogP contribution in [0, 0.1) is 0 Å². The monoisotopic (exact) mass is 254 g/mol. The molecule has 0 aliphatic carbocycles. The molecular weight excluding hydrogens is 244 g/mol. The van der Waals surface area contributed by atoms with Crippen molar-refractivity contribution in [3.8, 4) is 0 Å². The summed E-state index contributed by atoms with van der Waals surface area (Å²) in [6.07, 6.45) is 0. The number of carboxylic acids is 1. The predicted molar refractivity (Wildman–Crippen MR) is 70.7 cm³/mol. The van der Waals surface area contributed by atoms with Gasteiger partial charge in [-0.3, -0.25) is 0 Å². The van der Waals surface area contributed by atoms with Crippen LogP contribution < -0.4 is 5.32 Å². The quantitative estimate of drug-likeness (QED) is 0.750. The van der Waals surface area contributed by atoms with Crippen molar-refractivity contribution >= 4 is 28.8 Å². The van der Waals surface area contributed by atoms with Crippen molar-refractivity contribution in [2.24, 2.45) is 0 Å². The van der Waals surface area contributed by atoms with E-state index in [-0.39, 0.29) is 5.56 Å². The van der Waals surface area contributed by atoms with Crippen molar-refractivity contribution in [3.63, 3.8) is 0 Å². The summed E-state index contributed by atoms with van der Waals surface area (Å²) in [4.78, 5) is 15.1. The summed E-state index contributed by atoms with van der Waals surface area (Å²) in [5.41, 5.74) is 2.26. The molecule has 5 nitrogen and oxygen atoms in total. The van der Waals surface area contributed by atoms with Crippen molar-refractivity contribution in [2.45, 2.75) is 0 Å². The first-order valence-corrected chi connectivity index (χ1v) is 5.68. The second-order valence-electron chi connectivity index (χ2n) is 4.00. The third-order valence-electron chi connectivity index (χ3n) is 2.65. The molecule has 0 amide bonds. The van der Waals surface area contributed by atoms with Crippen LogP contribution in [0.1, 0.15) is 10.4 Å². The van der Waals surface area contributed by atoms with Crippen LogP contribution in [0.4, 0.5) is 11.7 Å². The lowest BCUT2D eigenvalue weighted by Gasteiger charge is -2.02. The highest BCUT2D eigenvalue weighted by Gasteiger charge is 2.07. The number of carboxylic acid groups (broad SMARTS) is 1. The maximum Gasteiger partial charge on any atom is 0.335 e. The van der Waals surface area contributed by atoms with Crippen LogP contribution in [-0.2, 0) is 0 Å².